The van der Waals surface area contributed by atoms with Crippen molar-refractivity contribution in [3.8, 4) is 0 Å². The third-order valence-corrected chi connectivity index (χ3v) is 5.89. The summed E-state index contributed by atoms with van der Waals surface area (Å²) in [6.45, 7) is -1.25. The Morgan fingerprint density at radius 3 is 2.18 bits per heavy atom. The van der Waals surface area contributed by atoms with Crippen LogP contribution < -0.4 is 10.6 Å². The zero-order valence-electron chi connectivity index (χ0n) is 17.1. The Bertz CT molecular complexity index is 1220. The number of rotatable bonds is 7. The van der Waals surface area contributed by atoms with Crippen LogP contribution in [-0.4, -0.2) is 22.2 Å². The lowest BCUT2D eigenvalue weighted by Crippen LogP contribution is -2.24. The normalized spacial score (nSPS) is 13.0. The molecule has 7 nitrogen and oxygen atoms in total. The third kappa shape index (κ3) is 5.14. The topological polar surface area (TPSA) is 93.2 Å². The van der Waals surface area contributed by atoms with E-state index in [1.807, 2.05) is 0 Å². The van der Waals surface area contributed by atoms with Crippen LogP contribution in [0.1, 0.15) is 45.3 Å². The van der Waals surface area contributed by atoms with Crippen LogP contribution in [0.2, 0.25) is 0 Å². The van der Waals surface area contributed by atoms with Gasteiger partial charge in [0.05, 0.1) is 5.56 Å². The molecule has 2 aromatic carbocycles. The molecule has 178 valence electrons. The first-order chi connectivity index (χ1) is 16.2. The Labute approximate surface area is 193 Å². The number of halogens is 5. The zero-order valence-corrected chi connectivity index (χ0v) is 17.9. The molecule has 13 heteroatoms. The molecule has 0 saturated heterocycles. The lowest BCUT2D eigenvalue weighted by atomic mass is 10.1. The van der Waals surface area contributed by atoms with Gasteiger partial charge in [0.25, 0.3) is 5.91 Å². The first-order valence-corrected chi connectivity index (χ1v) is 10.7. The van der Waals surface area contributed by atoms with Crippen molar-refractivity contribution in [1.82, 2.24) is 15.5 Å². The van der Waals surface area contributed by atoms with Crippen LogP contribution in [0.4, 0.5) is 31.9 Å². The van der Waals surface area contributed by atoms with Crippen LogP contribution >= 0.6 is 11.3 Å². The molecule has 1 fully saturated rings. The van der Waals surface area contributed by atoms with Crippen molar-refractivity contribution in [3.05, 3.63) is 75.0 Å². The molecule has 2 amide bonds. The number of aromatic nitrogens is 2. The van der Waals surface area contributed by atoms with Gasteiger partial charge < -0.3 is 10.1 Å². The van der Waals surface area contributed by atoms with E-state index in [1.54, 1.807) is 12.1 Å². The first-order valence-electron chi connectivity index (χ1n) is 9.89. The maximum atomic E-state index is 13.6. The highest BCUT2D eigenvalue weighted by Gasteiger charge is 2.28. The fraction of sp³-hybridized carbons (Fsp3) is 0.238. The monoisotopic (exact) mass is 498 g/mol. The third-order valence-electron chi connectivity index (χ3n) is 4.89. The van der Waals surface area contributed by atoms with Crippen LogP contribution in [-0.2, 0) is 17.9 Å². The van der Waals surface area contributed by atoms with Gasteiger partial charge in [0.2, 0.25) is 10.9 Å². The second kappa shape index (κ2) is 9.71. The van der Waals surface area contributed by atoms with Gasteiger partial charge in [0, 0.05) is 18.0 Å². The molecule has 0 bridgehead atoms. The summed E-state index contributed by atoms with van der Waals surface area (Å²) in [5, 5.41) is 14.2. The highest BCUT2D eigenvalue weighted by atomic mass is 32.1. The van der Waals surface area contributed by atoms with Gasteiger partial charge >= 0.3 is 6.09 Å². The minimum atomic E-state index is -2.30. The smallest absolute Gasteiger partial charge is 0.407 e. The largest absolute Gasteiger partial charge is 0.444 e. The summed E-state index contributed by atoms with van der Waals surface area (Å²) in [5.74, 6) is -10.7. The van der Waals surface area contributed by atoms with E-state index in [4.69, 9.17) is 0 Å². The summed E-state index contributed by atoms with van der Waals surface area (Å²) in [4.78, 5) is 24.1. The Morgan fingerprint density at radius 1 is 0.941 bits per heavy atom. The molecule has 1 aromatic heterocycles. The maximum absolute atomic E-state index is 13.6. The van der Waals surface area contributed by atoms with Crippen LogP contribution in [0.3, 0.4) is 0 Å². The molecule has 1 aliphatic carbocycles. The number of benzene rings is 2. The standard InChI is InChI=1S/C21H15F5N4O3S/c22-13-12(14(23)16(25)17(26)15(13)24)8-33-21(32)27-7-9-1-3-10(4-2-9)18(31)28-20-30-29-19(34-20)11-5-6-11/h1-4,11H,5-8H2,(H,27,32)(H,28,30,31). The van der Waals surface area contributed by atoms with Crippen molar-refractivity contribution in [1.29, 1.82) is 0 Å². The van der Waals surface area contributed by atoms with Crippen molar-refractivity contribution in [2.45, 2.75) is 31.9 Å². The molecular weight excluding hydrogens is 483 g/mol. The van der Waals surface area contributed by atoms with E-state index in [0.717, 1.165) is 17.8 Å². The van der Waals surface area contributed by atoms with Gasteiger partial charge in [-0.25, -0.2) is 26.7 Å². The van der Waals surface area contributed by atoms with Gasteiger partial charge in [-0.2, -0.15) is 0 Å². The molecule has 1 saturated carbocycles. The van der Waals surface area contributed by atoms with Gasteiger partial charge in [0.15, 0.2) is 23.3 Å². The van der Waals surface area contributed by atoms with Crippen molar-refractivity contribution in [2.24, 2.45) is 0 Å². The van der Waals surface area contributed by atoms with Crippen molar-refractivity contribution < 1.29 is 36.3 Å². The SMILES string of the molecule is O=C(NCc1ccc(C(=O)Nc2nnc(C3CC3)s2)cc1)OCc1c(F)c(F)c(F)c(F)c1F. The van der Waals surface area contributed by atoms with Gasteiger partial charge in [-0.1, -0.05) is 23.5 Å². The Kier molecular flexibility index (Phi) is 6.72. The number of carbonyl (C=O) groups excluding carboxylic acids is 2. The highest BCUT2D eigenvalue weighted by Crippen LogP contribution is 2.42. The molecule has 1 aliphatic rings. The number of alkyl carbamates (subject to hydrolysis) is 1. The van der Waals surface area contributed by atoms with E-state index < -0.39 is 47.3 Å². The number of nitrogens with zero attached hydrogens (tertiary/aromatic N) is 2. The van der Waals surface area contributed by atoms with Gasteiger partial charge in [-0.3, -0.25) is 10.1 Å². The second-order valence-electron chi connectivity index (χ2n) is 7.35. The quantitative estimate of drug-likeness (QED) is 0.278. The fourth-order valence-corrected chi connectivity index (χ4v) is 3.77. The summed E-state index contributed by atoms with van der Waals surface area (Å²) < 4.78 is 71.2. The summed E-state index contributed by atoms with van der Waals surface area (Å²) in [6, 6.07) is 6.12. The number of nitrogens with one attached hydrogen (secondary N) is 2. The molecule has 0 aliphatic heterocycles. The van der Waals surface area contributed by atoms with Gasteiger partial charge in [-0.15, -0.1) is 10.2 Å². The number of hydrogen-bond donors (Lipinski definition) is 2. The molecule has 3 aromatic rings. The molecular formula is C21H15F5N4O3S. The predicted octanol–water partition coefficient (Wildman–Crippen LogP) is 4.79. The van der Waals surface area contributed by atoms with E-state index in [0.29, 0.717) is 22.2 Å². The van der Waals surface area contributed by atoms with Crippen LogP contribution in [0, 0.1) is 29.1 Å². The van der Waals surface area contributed by atoms with Crippen molar-refractivity contribution in [3.63, 3.8) is 0 Å². The Morgan fingerprint density at radius 2 is 1.56 bits per heavy atom. The molecule has 0 atom stereocenters. The van der Waals surface area contributed by atoms with E-state index in [-0.39, 0.29) is 12.5 Å². The molecule has 1 heterocycles. The summed E-state index contributed by atoms with van der Waals surface area (Å²) in [7, 11) is 0. The molecule has 2 N–H and O–H groups in total. The Balaban J connectivity index is 1.27. The summed E-state index contributed by atoms with van der Waals surface area (Å²) in [5.41, 5.74) is -0.376. The molecule has 4 rings (SSSR count). The summed E-state index contributed by atoms with van der Waals surface area (Å²) >= 11 is 1.33. The zero-order chi connectivity index (χ0) is 24.4. The van der Waals surface area contributed by atoms with Crippen LogP contribution in [0.25, 0.3) is 0 Å². The minimum Gasteiger partial charge on any atom is -0.444 e. The van der Waals surface area contributed by atoms with E-state index >= 15 is 0 Å². The highest BCUT2D eigenvalue weighted by molar-refractivity contribution is 7.15. The Hall–Kier alpha value is -3.61. The average Bonchev–Trinajstić information content (AvgIpc) is 3.59. The van der Waals surface area contributed by atoms with E-state index in [2.05, 4.69) is 25.6 Å². The van der Waals surface area contributed by atoms with Crippen molar-refractivity contribution in [2.75, 3.05) is 5.32 Å². The first kappa shape index (κ1) is 23.5. The molecule has 0 unspecified atom stereocenters. The van der Waals surface area contributed by atoms with Crippen LogP contribution in [0.15, 0.2) is 24.3 Å². The van der Waals surface area contributed by atoms with E-state index in [1.165, 1.54) is 23.5 Å². The van der Waals surface area contributed by atoms with Crippen molar-refractivity contribution >= 4 is 28.5 Å². The lowest BCUT2D eigenvalue weighted by molar-refractivity contribution is 0.102. The minimum absolute atomic E-state index is 0.0843. The lowest BCUT2D eigenvalue weighted by Gasteiger charge is -2.10. The fourth-order valence-electron chi connectivity index (χ4n) is 2.86. The molecule has 0 radical (unpaired) electrons. The number of carbonyl (C=O) groups is 2. The van der Waals surface area contributed by atoms with Gasteiger partial charge in [-0.05, 0) is 30.5 Å². The maximum Gasteiger partial charge on any atom is 0.407 e. The predicted molar refractivity (Wildman–Crippen MR) is 110 cm³/mol. The number of anilines is 1. The number of hydrogen-bond acceptors (Lipinski definition) is 6. The number of ether oxygens (including phenoxy) is 1. The van der Waals surface area contributed by atoms with Crippen LogP contribution in [0.5, 0.6) is 0 Å². The van der Waals surface area contributed by atoms with E-state index in [9.17, 15) is 31.5 Å². The average molecular weight is 498 g/mol. The molecule has 0 spiro atoms. The number of amides is 2. The van der Waals surface area contributed by atoms with Gasteiger partial charge in [0.1, 0.15) is 11.6 Å². The second-order valence-corrected chi connectivity index (χ2v) is 8.36. The summed E-state index contributed by atoms with van der Waals surface area (Å²) in [6.07, 6.45) is 0.999. The molecule has 34 heavy (non-hydrogen) atoms.